The van der Waals surface area contributed by atoms with Crippen LogP contribution >= 0.6 is 12.2 Å². The van der Waals surface area contributed by atoms with Gasteiger partial charge in [-0.15, -0.1) is 0 Å². The molecule has 0 atom stereocenters. The Morgan fingerprint density at radius 3 is 2.56 bits per heavy atom. The van der Waals surface area contributed by atoms with Crippen molar-refractivity contribution in [3.63, 3.8) is 0 Å². The smallest absolute Gasteiger partial charge is 0.125 e. The fourth-order valence-electron chi connectivity index (χ4n) is 3.86. The minimum atomic E-state index is 0.497. The molecule has 134 valence electrons. The molecule has 1 aromatic heterocycles. The summed E-state index contributed by atoms with van der Waals surface area (Å²) in [4.78, 5) is 3.69. The number of aliphatic imine (C=N–C) groups is 1. The van der Waals surface area contributed by atoms with Gasteiger partial charge in [-0.25, -0.2) is 4.99 Å². The van der Waals surface area contributed by atoms with Gasteiger partial charge in [-0.3, -0.25) is 0 Å². The molecule has 0 N–H and O–H groups in total. The van der Waals surface area contributed by atoms with Crippen LogP contribution < -0.4 is 0 Å². The third-order valence-corrected chi connectivity index (χ3v) is 5.27. The molecule has 0 saturated carbocycles. The Kier molecular flexibility index (Phi) is 5.43. The Labute approximate surface area is 164 Å². The Morgan fingerprint density at radius 2 is 1.70 bits per heavy atom. The molecular weight excluding hydrogens is 350 g/mol. The average molecular weight is 372 g/mol. The van der Waals surface area contributed by atoms with Gasteiger partial charge in [0.05, 0.1) is 11.4 Å². The van der Waals surface area contributed by atoms with Gasteiger partial charge < -0.3 is 4.42 Å². The molecule has 0 unspecified atom stereocenters. The molecule has 4 aromatic rings. The molecule has 5 rings (SSSR count). The van der Waals surface area contributed by atoms with E-state index in [-0.39, 0.29) is 0 Å². The first-order valence-electron chi connectivity index (χ1n) is 9.35. The van der Waals surface area contributed by atoms with E-state index in [0.29, 0.717) is 6.54 Å². The quantitative estimate of drug-likeness (QED) is 0.221. The summed E-state index contributed by atoms with van der Waals surface area (Å²) < 4.78 is 4.96. The maximum absolute atomic E-state index is 4.96. The predicted molar refractivity (Wildman–Crippen MR) is 116 cm³/mol. The van der Waals surface area contributed by atoms with E-state index in [1.54, 1.807) is 17.4 Å². The molecule has 1 aliphatic carbocycles. The fraction of sp³-hybridized carbons (Fsp3) is 0.208. The molecule has 1 heterocycles. The number of fused-ring (bicyclic) bond motifs is 5. The van der Waals surface area contributed by atoms with Crippen molar-refractivity contribution in [2.24, 2.45) is 4.99 Å². The zero-order valence-corrected chi connectivity index (χ0v) is 16.0. The van der Waals surface area contributed by atoms with Gasteiger partial charge in [0, 0.05) is 0 Å². The van der Waals surface area contributed by atoms with Gasteiger partial charge >= 0.3 is 0 Å². The maximum atomic E-state index is 4.96. The van der Waals surface area contributed by atoms with Crippen molar-refractivity contribution in [2.45, 2.75) is 32.2 Å². The third kappa shape index (κ3) is 3.85. The van der Waals surface area contributed by atoms with Crippen LogP contribution in [0.25, 0.3) is 21.5 Å². The predicted octanol–water partition coefficient (Wildman–Crippen LogP) is 6.75. The van der Waals surface area contributed by atoms with Crippen molar-refractivity contribution in [2.75, 3.05) is 0 Å². The highest BCUT2D eigenvalue weighted by molar-refractivity contribution is 7.78. The van der Waals surface area contributed by atoms with E-state index in [1.807, 2.05) is 12.1 Å². The van der Waals surface area contributed by atoms with Crippen molar-refractivity contribution in [1.82, 2.24) is 0 Å². The van der Waals surface area contributed by atoms with E-state index in [0.717, 1.165) is 5.76 Å². The van der Waals surface area contributed by atoms with E-state index in [2.05, 4.69) is 70.9 Å². The van der Waals surface area contributed by atoms with Crippen LogP contribution in [-0.4, -0.2) is 5.16 Å². The molecule has 3 heteroatoms. The van der Waals surface area contributed by atoms with E-state index < -0.39 is 0 Å². The number of nitrogens with zero attached hydrogens (tertiary/aromatic N) is 1. The van der Waals surface area contributed by atoms with Crippen LogP contribution in [0.3, 0.4) is 0 Å². The van der Waals surface area contributed by atoms with Gasteiger partial charge in [0.2, 0.25) is 0 Å². The Balaban J connectivity index is 0.000000170. The van der Waals surface area contributed by atoms with Crippen molar-refractivity contribution in [3.05, 3.63) is 83.8 Å². The van der Waals surface area contributed by atoms with Crippen molar-refractivity contribution in [1.29, 1.82) is 0 Å². The normalized spacial score (nSPS) is 12.7. The summed E-state index contributed by atoms with van der Waals surface area (Å²) in [5.41, 5.74) is 3.17. The second-order valence-corrected chi connectivity index (χ2v) is 6.96. The highest BCUT2D eigenvalue weighted by atomic mass is 32.1. The lowest BCUT2D eigenvalue weighted by Crippen LogP contribution is -2.02. The van der Waals surface area contributed by atoms with Crippen molar-refractivity contribution < 1.29 is 4.42 Å². The molecule has 1 aliphatic rings. The molecule has 0 spiro atoms. The number of hydrogen-bond donors (Lipinski definition) is 0. The highest BCUT2D eigenvalue weighted by Crippen LogP contribution is 2.33. The maximum Gasteiger partial charge on any atom is 0.125 e. The summed E-state index contributed by atoms with van der Waals surface area (Å²) in [6.07, 6.45) is 6.82. The van der Waals surface area contributed by atoms with Gasteiger partial charge in [-0.05, 0) is 82.7 Å². The topological polar surface area (TPSA) is 25.5 Å². The van der Waals surface area contributed by atoms with Crippen LogP contribution in [0.2, 0.25) is 0 Å². The summed E-state index contributed by atoms with van der Waals surface area (Å²) in [6.45, 7) is 0.497. The molecule has 27 heavy (non-hydrogen) atoms. The van der Waals surface area contributed by atoms with Gasteiger partial charge in [-0.1, -0.05) is 48.5 Å². The third-order valence-electron chi connectivity index (χ3n) is 5.14. The molecular formula is C24H21NOS. The van der Waals surface area contributed by atoms with E-state index >= 15 is 0 Å². The number of aryl methyl sites for hydroxylation is 2. The van der Waals surface area contributed by atoms with Crippen molar-refractivity contribution in [3.8, 4) is 0 Å². The van der Waals surface area contributed by atoms with Crippen LogP contribution in [0.4, 0.5) is 0 Å². The van der Waals surface area contributed by atoms with Crippen LogP contribution in [0.5, 0.6) is 0 Å². The van der Waals surface area contributed by atoms with Gasteiger partial charge in [0.25, 0.3) is 0 Å². The minimum absolute atomic E-state index is 0.497. The van der Waals surface area contributed by atoms with Crippen LogP contribution in [0.15, 0.2) is 76.3 Å². The Morgan fingerprint density at radius 1 is 0.852 bits per heavy atom. The first-order valence-corrected chi connectivity index (χ1v) is 9.76. The summed E-state index contributed by atoms with van der Waals surface area (Å²) in [7, 11) is 0. The standard InChI is InChI=1S/C18H16.C6H5NOS/c1-3-7-15-13(5-1)9-11-18-16-8-4-2-6-14(16)10-12-17(15)18;9-5-7-4-6-2-1-3-8-6/h1,3,5,7,9-12H,2,4,6,8H2;1-3H,4H2. The Hall–Kier alpha value is -2.74. The van der Waals surface area contributed by atoms with Crippen LogP contribution in [-0.2, 0) is 19.4 Å². The molecule has 0 fully saturated rings. The summed E-state index contributed by atoms with van der Waals surface area (Å²) >= 11 is 4.37. The number of rotatable bonds is 2. The highest BCUT2D eigenvalue weighted by Gasteiger charge is 2.13. The van der Waals surface area contributed by atoms with Crippen LogP contribution in [0, 0.1) is 0 Å². The zero-order chi connectivity index (χ0) is 18.5. The molecule has 2 nitrogen and oxygen atoms in total. The lowest BCUT2D eigenvalue weighted by Gasteiger charge is -2.18. The van der Waals surface area contributed by atoms with E-state index in [4.69, 9.17) is 4.42 Å². The second kappa shape index (κ2) is 8.30. The molecule has 0 bridgehead atoms. The summed E-state index contributed by atoms with van der Waals surface area (Å²) in [5.74, 6) is 0.812. The first kappa shape index (κ1) is 17.7. The largest absolute Gasteiger partial charge is 0.467 e. The van der Waals surface area contributed by atoms with Crippen molar-refractivity contribution >= 4 is 38.9 Å². The van der Waals surface area contributed by atoms with Gasteiger partial charge in [0.1, 0.15) is 12.3 Å². The number of benzene rings is 3. The molecule has 3 aromatic carbocycles. The minimum Gasteiger partial charge on any atom is -0.467 e. The number of furan rings is 1. The van der Waals surface area contributed by atoms with Crippen LogP contribution in [0.1, 0.15) is 29.7 Å². The molecule has 0 radical (unpaired) electrons. The fourth-order valence-corrected chi connectivity index (χ4v) is 3.92. The number of hydrogen-bond acceptors (Lipinski definition) is 3. The second-order valence-electron chi connectivity index (χ2n) is 6.78. The molecule has 0 aliphatic heterocycles. The lowest BCUT2D eigenvalue weighted by molar-refractivity contribution is 0.513. The van der Waals surface area contributed by atoms with E-state index in [9.17, 15) is 0 Å². The Bertz CT molecular complexity index is 1110. The summed E-state index contributed by atoms with van der Waals surface area (Å²) in [6, 6.07) is 21.6. The molecule has 0 saturated heterocycles. The molecule has 0 amide bonds. The van der Waals surface area contributed by atoms with E-state index in [1.165, 1.54) is 47.2 Å². The zero-order valence-electron chi connectivity index (χ0n) is 15.2. The monoisotopic (exact) mass is 371 g/mol. The van der Waals surface area contributed by atoms with Gasteiger partial charge in [0.15, 0.2) is 0 Å². The average Bonchev–Trinajstić information content (AvgIpc) is 3.26. The number of thiocarbonyl (C=S) groups is 1. The lowest BCUT2D eigenvalue weighted by atomic mass is 9.86. The summed E-state index contributed by atoms with van der Waals surface area (Å²) in [5, 5.41) is 7.90. The number of isothiocyanates is 1. The van der Waals surface area contributed by atoms with Gasteiger partial charge in [-0.2, -0.15) is 0 Å². The SMILES string of the molecule is S=C=NCc1ccco1.c1ccc2c(c1)ccc1c3c(ccc12)CCCC3. The first-order chi connectivity index (χ1) is 13.4.